The van der Waals surface area contributed by atoms with Crippen molar-refractivity contribution in [3.8, 4) is 0 Å². The van der Waals surface area contributed by atoms with Crippen LogP contribution in [0.15, 0.2) is 24.3 Å². The zero-order valence-electron chi connectivity index (χ0n) is 12.6. The summed E-state index contributed by atoms with van der Waals surface area (Å²) in [4.78, 5) is 2.44. The summed E-state index contributed by atoms with van der Waals surface area (Å²) in [6.07, 6.45) is 3.57. The Kier molecular flexibility index (Phi) is 7.44. The predicted octanol–water partition coefficient (Wildman–Crippen LogP) is 4.11. The molecule has 0 saturated carbocycles. The highest BCUT2D eigenvalue weighted by Gasteiger charge is 2.15. The molecular weight excluding hydrogens is 256 g/mol. The van der Waals surface area contributed by atoms with Gasteiger partial charge < -0.3 is 10.2 Å². The maximum Gasteiger partial charge on any atom is 0.0453 e. The van der Waals surface area contributed by atoms with Crippen LogP contribution in [0.2, 0.25) is 5.02 Å². The monoisotopic (exact) mass is 282 g/mol. The van der Waals surface area contributed by atoms with Gasteiger partial charge in [-0.3, -0.25) is 0 Å². The first-order chi connectivity index (χ1) is 9.10. The Bertz CT molecular complexity index is 368. The molecule has 0 aromatic heterocycles. The molecule has 0 spiro atoms. The number of nitrogens with zero attached hydrogens (tertiary/aromatic N) is 1. The Balaban J connectivity index is 2.56. The molecular formula is C16H27ClN2. The van der Waals surface area contributed by atoms with Gasteiger partial charge in [0.2, 0.25) is 0 Å². The highest BCUT2D eigenvalue weighted by Crippen LogP contribution is 2.25. The molecule has 0 saturated heterocycles. The molecule has 0 heterocycles. The maximum absolute atomic E-state index is 6.27. The van der Waals surface area contributed by atoms with Crippen LogP contribution in [0.1, 0.15) is 44.7 Å². The Labute approximate surface area is 123 Å². The summed E-state index contributed by atoms with van der Waals surface area (Å²) in [5.74, 6) is 0. The Hall–Kier alpha value is -0.570. The first-order valence-electron chi connectivity index (χ1n) is 7.22. The normalized spacial score (nSPS) is 14.6. The van der Waals surface area contributed by atoms with Crippen LogP contribution < -0.4 is 5.32 Å². The number of rotatable bonds is 8. The van der Waals surface area contributed by atoms with Gasteiger partial charge in [0.15, 0.2) is 0 Å². The summed E-state index contributed by atoms with van der Waals surface area (Å²) in [5, 5.41) is 4.23. The lowest BCUT2D eigenvalue weighted by atomic mass is 10.0. The van der Waals surface area contributed by atoms with Gasteiger partial charge in [-0.1, -0.05) is 43.1 Å². The molecule has 0 aliphatic heterocycles. The fourth-order valence-corrected chi connectivity index (χ4v) is 2.67. The van der Waals surface area contributed by atoms with Gasteiger partial charge in [0.05, 0.1) is 0 Å². The van der Waals surface area contributed by atoms with Crippen molar-refractivity contribution in [2.24, 2.45) is 0 Å². The van der Waals surface area contributed by atoms with Crippen LogP contribution in [-0.2, 0) is 0 Å². The molecule has 1 aromatic carbocycles. The third kappa shape index (κ3) is 5.13. The number of hydrogen-bond donors (Lipinski definition) is 1. The van der Waals surface area contributed by atoms with Gasteiger partial charge in [0.1, 0.15) is 0 Å². The van der Waals surface area contributed by atoms with Gasteiger partial charge in [-0.15, -0.1) is 0 Å². The van der Waals surface area contributed by atoms with Gasteiger partial charge in [0, 0.05) is 17.1 Å². The minimum Gasteiger partial charge on any atom is -0.313 e. The zero-order valence-corrected chi connectivity index (χ0v) is 13.4. The summed E-state index contributed by atoms with van der Waals surface area (Å²) in [7, 11) is 4.21. The number of halogens is 1. The first kappa shape index (κ1) is 16.5. The van der Waals surface area contributed by atoms with Crippen molar-refractivity contribution in [2.75, 3.05) is 20.6 Å². The van der Waals surface area contributed by atoms with Crippen molar-refractivity contribution < 1.29 is 0 Å². The molecule has 1 aromatic rings. The van der Waals surface area contributed by atoms with Gasteiger partial charge >= 0.3 is 0 Å². The third-order valence-corrected chi connectivity index (χ3v) is 4.20. The molecule has 3 heteroatoms. The van der Waals surface area contributed by atoms with Crippen molar-refractivity contribution >= 4 is 11.6 Å². The first-order valence-corrected chi connectivity index (χ1v) is 7.59. The van der Waals surface area contributed by atoms with Gasteiger partial charge in [-0.2, -0.15) is 0 Å². The second kappa shape index (κ2) is 8.57. The van der Waals surface area contributed by atoms with Gasteiger partial charge in [0.25, 0.3) is 0 Å². The van der Waals surface area contributed by atoms with E-state index in [-0.39, 0.29) is 0 Å². The van der Waals surface area contributed by atoms with Crippen molar-refractivity contribution in [3.63, 3.8) is 0 Å². The largest absolute Gasteiger partial charge is 0.313 e. The maximum atomic E-state index is 6.27. The lowest BCUT2D eigenvalue weighted by molar-refractivity contribution is 0.232. The fraction of sp³-hybridized carbons (Fsp3) is 0.625. The molecule has 0 radical (unpaired) electrons. The second-order valence-corrected chi connectivity index (χ2v) is 5.68. The molecule has 1 rings (SSSR count). The molecule has 2 unspecified atom stereocenters. The Morgan fingerprint density at radius 1 is 1.26 bits per heavy atom. The predicted molar refractivity (Wildman–Crippen MR) is 84.9 cm³/mol. The standard InChI is InChI=1S/C16H27ClN2/c1-5-8-13(2)19(4)12-11-16(18-3)14-9-6-7-10-15(14)17/h6-7,9-10,13,16,18H,5,8,11-12H2,1-4H3. The quantitative estimate of drug-likeness (QED) is 0.772. The Morgan fingerprint density at radius 3 is 2.53 bits per heavy atom. The molecule has 1 N–H and O–H groups in total. The van der Waals surface area contributed by atoms with Crippen molar-refractivity contribution in [2.45, 2.75) is 45.2 Å². The van der Waals surface area contributed by atoms with E-state index in [2.05, 4.69) is 43.2 Å². The van der Waals surface area contributed by atoms with Crippen LogP contribution in [-0.4, -0.2) is 31.6 Å². The summed E-state index contributed by atoms with van der Waals surface area (Å²) in [5.41, 5.74) is 1.20. The second-order valence-electron chi connectivity index (χ2n) is 5.27. The SMILES string of the molecule is CCCC(C)N(C)CCC(NC)c1ccccc1Cl. The van der Waals surface area contributed by atoms with E-state index in [4.69, 9.17) is 11.6 Å². The molecule has 108 valence electrons. The molecule has 2 nitrogen and oxygen atoms in total. The minimum absolute atomic E-state index is 0.324. The smallest absolute Gasteiger partial charge is 0.0453 e. The summed E-state index contributed by atoms with van der Waals surface area (Å²) in [6, 6.07) is 9.07. The van der Waals surface area contributed by atoms with Crippen molar-refractivity contribution in [3.05, 3.63) is 34.9 Å². The van der Waals surface area contributed by atoms with Crippen LogP contribution in [0.3, 0.4) is 0 Å². The van der Waals surface area contributed by atoms with Crippen LogP contribution in [0, 0.1) is 0 Å². The van der Waals surface area contributed by atoms with E-state index in [1.165, 1.54) is 18.4 Å². The molecule has 0 aliphatic rings. The topological polar surface area (TPSA) is 15.3 Å². The van der Waals surface area contributed by atoms with E-state index >= 15 is 0 Å². The van der Waals surface area contributed by atoms with E-state index in [0.717, 1.165) is 18.0 Å². The lowest BCUT2D eigenvalue weighted by Gasteiger charge is -2.27. The van der Waals surface area contributed by atoms with E-state index in [9.17, 15) is 0 Å². The molecule has 0 fully saturated rings. The van der Waals surface area contributed by atoms with E-state index in [1.807, 2.05) is 19.2 Å². The fourth-order valence-electron chi connectivity index (χ4n) is 2.40. The highest BCUT2D eigenvalue weighted by molar-refractivity contribution is 6.31. The van der Waals surface area contributed by atoms with E-state index in [0.29, 0.717) is 12.1 Å². The van der Waals surface area contributed by atoms with Crippen LogP contribution >= 0.6 is 11.6 Å². The Morgan fingerprint density at radius 2 is 1.95 bits per heavy atom. The van der Waals surface area contributed by atoms with Gasteiger partial charge in [-0.05, 0) is 52.0 Å². The van der Waals surface area contributed by atoms with Crippen molar-refractivity contribution in [1.82, 2.24) is 10.2 Å². The van der Waals surface area contributed by atoms with E-state index < -0.39 is 0 Å². The highest BCUT2D eigenvalue weighted by atomic mass is 35.5. The van der Waals surface area contributed by atoms with Crippen LogP contribution in [0.4, 0.5) is 0 Å². The van der Waals surface area contributed by atoms with Crippen LogP contribution in [0.5, 0.6) is 0 Å². The number of nitrogens with one attached hydrogen (secondary N) is 1. The molecule has 19 heavy (non-hydrogen) atoms. The third-order valence-electron chi connectivity index (χ3n) is 3.86. The molecule has 0 aliphatic carbocycles. The summed E-state index contributed by atoms with van der Waals surface area (Å²) in [6.45, 7) is 5.62. The summed E-state index contributed by atoms with van der Waals surface area (Å²) >= 11 is 6.27. The summed E-state index contributed by atoms with van der Waals surface area (Å²) < 4.78 is 0. The lowest BCUT2D eigenvalue weighted by Crippen LogP contribution is -2.32. The van der Waals surface area contributed by atoms with Crippen LogP contribution in [0.25, 0.3) is 0 Å². The van der Waals surface area contributed by atoms with Crippen molar-refractivity contribution in [1.29, 1.82) is 0 Å². The zero-order chi connectivity index (χ0) is 14.3. The molecule has 0 amide bonds. The average molecular weight is 283 g/mol. The van der Waals surface area contributed by atoms with E-state index in [1.54, 1.807) is 0 Å². The number of hydrogen-bond acceptors (Lipinski definition) is 2. The minimum atomic E-state index is 0.324. The molecule has 2 atom stereocenters. The average Bonchev–Trinajstić information content (AvgIpc) is 2.41. The number of benzene rings is 1. The molecule has 0 bridgehead atoms. The van der Waals surface area contributed by atoms with Gasteiger partial charge in [-0.25, -0.2) is 0 Å².